The second-order valence-electron chi connectivity index (χ2n) is 2.55. The number of ether oxygens (including phenoxy) is 1. The molecule has 3 nitrogen and oxygen atoms in total. The lowest BCUT2D eigenvalue weighted by Crippen LogP contribution is -1.89. The number of hydrogen-bond donors (Lipinski definition) is 0. The van der Waals surface area contributed by atoms with Crippen molar-refractivity contribution < 1.29 is 4.74 Å². The van der Waals surface area contributed by atoms with Gasteiger partial charge in [-0.15, -0.1) is 0 Å². The van der Waals surface area contributed by atoms with Gasteiger partial charge >= 0.3 is 0 Å². The van der Waals surface area contributed by atoms with Crippen LogP contribution < -0.4 is 4.74 Å². The van der Waals surface area contributed by atoms with Crippen molar-refractivity contribution >= 4 is 27.0 Å². The summed E-state index contributed by atoms with van der Waals surface area (Å²) in [5, 5.41) is 0.996. The number of rotatable bonds is 1. The van der Waals surface area contributed by atoms with Crippen LogP contribution in [0.4, 0.5) is 0 Å². The summed E-state index contributed by atoms with van der Waals surface area (Å²) in [6.45, 7) is 0. The number of aromatic nitrogens is 2. The molecule has 0 aliphatic carbocycles. The number of methoxy groups -OCH3 is 1. The van der Waals surface area contributed by atoms with E-state index >= 15 is 0 Å². The van der Waals surface area contributed by atoms with Crippen LogP contribution in [0.1, 0.15) is 0 Å². The van der Waals surface area contributed by atoms with Crippen molar-refractivity contribution in [3.05, 3.63) is 28.9 Å². The fraction of sp³-hybridized carbons (Fsp3) is 0.111. The maximum absolute atomic E-state index is 4.99. The average molecular weight is 239 g/mol. The molecule has 0 bridgehead atoms. The molecule has 0 aromatic carbocycles. The second kappa shape index (κ2) is 3.30. The predicted octanol–water partition coefficient (Wildman–Crippen LogP) is 2.40. The lowest BCUT2D eigenvalue weighted by Gasteiger charge is -2.00. The molecule has 2 rings (SSSR count). The van der Waals surface area contributed by atoms with Crippen LogP contribution in [0.15, 0.2) is 28.9 Å². The maximum atomic E-state index is 4.99. The zero-order chi connectivity index (χ0) is 9.26. The van der Waals surface area contributed by atoms with E-state index in [0.717, 1.165) is 9.86 Å². The molecule has 0 amide bonds. The van der Waals surface area contributed by atoms with E-state index < -0.39 is 0 Å². The summed E-state index contributed by atoms with van der Waals surface area (Å²) in [5.41, 5.74) is 0.697. The molecular weight excluding hydrogens is 232 g/mol. The molecule has 0 aliphatic heterocycles. The zero-order valence-electron chi connectivity index (χ0n) is 6.99. The Morgan fingerprint density at radius 2 is 2.23 bits per heavy atom. The SMILES string of the molecule is COc1ccc2cc(Br)cnc2n1. The molecule has 2 heterocycles. The van der Waals surface area contributed by atoms with Crippen LogP contribution in [0.25, 0.3) is 11.0 Å². The van der Waals surface area contributed by atoms with Crippen molar-refractivity contribution in [1.29, 1.82) is 0 Å². The standard InChI is InChI=1S/C9H7BrN2O/c1-13-8-3-2-6-4-7(10)5-11-9(6)12-8/h2-5H,1H3. The normalized spacial score (nSPS) is 10.3. The van der Waals surface area contributed by atoms with Crippen LogP contribution in [0.3, 0.4) is 0 Å². The fourth-order valence-electron chi connectivity index (χ4n) is 1.08. The first-order chi connectivity index (χ1) is 6.29. The Labute approximate surface area is 83.9 Å². The zero-order valence-corrected chi connectivity index (χ0v) is 8.58. The van der Waals surface area contributed by atoms with Crippen molar-refractivity contribution in [3.63, 3.8) is 0 Å². The lowest BCUT2D eigenvalue weighted by molar-refractivity contribution is 0.399. The highest BCUT2D eigenvalue weighted by molar-refractivity contribution is 9.10. The highest BCUT2D eigenvalue weighted by Gasteiger charge is 1.99. The van der Waals surface area contributed by atoms with Gasteiger partial charge in [-0.2, -0.15) is 4.98 Å². The minimum Gasteiger partial charge on any atom is -0.481 e. The Bertz CT molecular complexity index is 445. The predicted molar refractivity (Wildman–Crippen MR) is 53.8 cm³/mol. The van der Waals surface area contributed by atoms with Crippen molar-refractivity contribution in [3.8, 4) is 5.88 Å². The number of hydrogen-bond acceptors (Lipinski definition) is 3. The first kappa shape index (κ1) is 8.44. The average Bonchev–Trinajstić information content (AvgIpc) is 2.17. The van der Waals surface area contributed by atoms with Crippen molar-refractivity contribution in [1.82, 2.24) is 9.97 Å². The van der Waals surface area contributed by atoms with Gasteiger partial charge in [0.25, 0.3) is 0 Å². The van der Waals surface area contributed by atoms with Gasteiger partial charge in [0, 0.05) is 22.1 Å². The molecule has 0 unspecified atom stereocenters. The van der Waals surface area contributed by atoms with E-state index in [1.165, 1.54) is 0 Å². The first-order valence-electron chi connectivity index (χ1n) is 3.76. The Hall–Kier alpha value is -1.16. The molecule has 0 atom stereocenters. The summed E-state index contributed by atoms with van der Waals surface area (Å²) < 4.78 is 5.94. The van der Waals surface area contributed by atoms with E-state index in [0.29, 0.717) is 11.5 Å². The summed E-state index contributed by atoms with van der Waals surface area (Å²) in [4.78, 5) is 8.33. The summed E-state index contributed by atoms with van der Waals surface area (Å²) >= 11 is 3.35. The highest BCUT2D eigenvalue weighted by Crippen LogP contribution is 2.18. The number of halogens is 1. The third-order valence-electron chi connectivity index (χ3n) is 1.69. The van der Waals surface area contributed by atoms with Crippen LogP contribution in [0.5, 0.6) is 5.88 Å². The molecule has 66 valence electrons. The molecule has 0 saturated heterocycles. The second-order valence-corrected chi connectivity index (χ2v) is 3.47. The quantitative estimate of drug-likeness (QED) is 0.766. The molecule has 2 aromatic heterocycles. The molecule has 2 aromatic rings. The van der Waals surface area contributed by atoms with Gasteiger partial charge in [0.05, 0.1) is 7.11 Å². The molecule has 0 aliphatic rings. The van der Waals surface area contributed by atoms with E-state index in [9.17, 15) is 0 Å². The Morgan fingerprint density at radius 3 is 3.00 bits per heavy atom. The molecular formula is C9H7BrN2O. The summed E-state index contributed by atoms with van der Waals surface area (Å²) in [7, 11) is 1.59. The smallest absolute Gasteiger partial charge is 0.215 e. The van der Waals surface area contributed by atoms with Crippen molar-refractivity contribution in [2.45, 2.75) is 0 Å². The van der Waals surface area contributed by atoms with Gasteiger partial charge in [-0.1, -0.05) is 0 Å². The van der Waals surface area contributed by atoms with Gasteiger partial charge in [-0.05, 0) is 28.1 Å². The summed E-state index contributed by atoms with van der Waals surface area (Å²) in [6, 6.07) is 5.71. The lowest BCUT2D eigenvalue weighted by atomic mass is 10.3. The summed E-state index contributed by atoms with van der Waals surface area (Å²) in [5.74, 6) is 0.585. The fourth-order valence-corrected chi connectivity index (χ4v) is 1.43. The van der Waals surface area contributed by atoms with Crippen LogP contribution >= 0.6 is 15.9 Å². The number of nitrogens with zero attached hydrogens (tertiary/aromatic N) is 2. The largest absolute Gasteiger partial charge is 0.481 e. The minimum atomic E-state index is 0.585. The first-order valence-corrected chi connectivity index (χ1v) is 4.55. The number of fused-ring (bicyclic) bond motifs is 1. The molecule has 0 N–H and O–H groups in total. The molecule has 0 saturated carbocycles. The van der Waals surface area contributed by atoms with E-state index in [1.54, 1.807) is 13.3 Å². The molecule has 0 spiro atoms. The van der Waals surface area contributed by atoms with Crippen LogP contribution in [0, 0.1) is 0 Å². The monoisotopic (exact) mass is 238 g/mol. The molecule has 0 radical (unpaired) electrons. The Morgan fingerprint density at radius 1 is 1.38 bits per heavy atom. The van der Waals surface area contributed by atoms with E-state index in [4.69, 9.17) is 4.74 Å². The van der Waals surface area contributed by atoms with Crippen molar-refractivity contribution in [2.24, 2.45) is 0 Å². The molecule has 4 heteroatoms. The van der Waals surface area contributed by atoms with Crippen molar-refractivity contribution in [2.75, 3.05) is 7.11 Å². The van der Waals surface area contributed by atoms with E-state index in [2.05, 4.69) is 25.9 Å². The van der Waals surface area contributed by atoms with E-state index in [1.807, 2.05) is 18.2 Å². The van der Waals surface area contributed by atoms with Gasteiger partial charge in [-0.3, -0.25) is 0 Å². The Balaban J connectivity index is 2.66. The van der Waals surface area contributed by atoms with Gasteiger partial charge in [0.2, 0.25) is 5.88 Å². The van der Waals surface area contributed by atoms with Gasteiger partial charge in [-0.25, -0.2) is 4.98 Å². The topological polar surface area (TPSA) is 35.0 Å². The molecule has 13 heavy (non-hydrogen) atoms. The summed E-state index contributed by atoms with van der Waals surface area (Å²) in [6.07, 6.45) is 1.72. The number of pyridine rings is 2. The van der Waals surface area contributed by atoms with Gasteiger partial charge in [0.15, 0.2) is 5.65 Å². The molecule has 0 fully saturated rings. The third kappa shape index (κ3) is 1.62. The third-order valence-corrected chi connectivity index (χ3v) is 2.13. The van der Waals surface area contributed by atoms with Crippen LogP contribution in [-0.2, 0) is 0 Å². The van der Waals surface area contributed by atoms with Gasteiger partial charge in [0.1, 0.15) is 0 Å². The maximum Gasteiger partial charge on any atom is 0.215 e. The van der Waals surface area contributed by atoms with Gasteiger partial charge < -0.3 is 4.74 Å². The van der Waals surface area contributed by atoms with E-state index in [-0.39, 0.29) is 0 Å². The highest BCUT2D eigenvalue weighted by atomic mass is 79.9. The Kier molecular flexibility index (Phi) is 2.14. The van der Waals surface area contributed by atoms with Crippen LogP contribution in [-0.4, -0.2) is 17.1 Å². The minimum absolute atomic E-state index is 0.585. The van der Waals surface area contributed by atoms with Crippen LogP contribution in [0.2, 0.25) is 0 Å².